The minimum Gasteiger partial charge on any atom is -0.481 e. The lowest BCUT2D eigenvalue weighted by Gasteiger charge is -2.14. The van der Waals surface area contributed by atoms with Crippen LogP contribution in [-0.2, 0) is 14.8 Å². The Kier molecular flexibility index (Phi) is 6.11. The number of ether oxygens (including phenoxy) is 1. The maximum absolute atomic E-state index is 12.6. The van der Waals surface area contributed by atoms with Gasteiger partial charge in [0, 0.05) is 5.69 Å². The van der Waals surface area contributed by atoms with E-state index in [2.05, 4.69) is 15.0 Å². The molecule has 0 bridgehead atoms. The van der Waals surface area contributed by atoms with Crippen LogP contribution in [0.1, 0.15) is 12.5 Å². The lowest BCUT2D eigenvalue weighted by atomic mass is 10.2. The number of aromatic nitrogens is 1. The van der Waals surface area contributed by atoms with E-state index in [1.807, 2.05) is 25.1 Å². The van der Waals surface area contributed by atoms with E-state index in [9.17, 15) is 13.2 Å². The molecule has 0 aliphatic carbocycles. The molecule has 0 spiro atoms. The summed E-state index contributed by atoms with van der Waals surface area (Å²) in [6.07, 6.45) is -0.688. The Morgan fingerprint density at radius 2 is 1.75 bits per heavy atom. The first-order valence-corrected chi connectivity index (χ1v) is 12.1. The fraction of sp³-hybridized carbons (Fsp3) is 0.130. The highest BCUT2D eigenvalue weighted by molar-refractivity contribution is 7.93. The predicted octanol–water partition coefficient (Wildman–Crippen LogP) is 4.81. The van der Waals surface area contributed by atoms with Gasteiger partial charge in [-0.05, 0) is 56.3 Å². The van der Waals surface area contributed by atoms with Gasteiger partial charge in [0.2, 0.25) is 0 Å². The molecule has 0 unspecified atom stereocenters. The molecule has 1 amide bonds. The molecule has 0 saturated carbocycles. The molecule has 1 aromatic heterocycles. The molecular weight excluding hydrogens is 446 g/mol. The van der Waals surface area contributed by atoms with Crippen LogP contribution in [0.5, 0.6) is 5.75 Å². The molecule has 2 N–H and O–H groups in total. The predicted molar refractivity (Wildman–Crippen MR) is 127 cm³/mol. The smallest absolute Gasteiger partial charge is 0.265 e. The van der Waals surface area contributed by atoms with E-state index in [4.69, 9.17) is 4.74 Å². The summed E-state index contributed by atoms with van der Waals surface area (Å²) in [6, 6.07) is 20.9. The molecule has 4 aromatic rings. The van der Waals surface area contributed by atoms with Crippen LogP contribution in [0.4, 0.5) is 10.8 Å². The van der Waals surface area contributed by atoms with Crippen molar-refractivity contribution in [3.63, 3.8) is 0 Å². The number of nitrogens with zero attached hydrogens (tertiary/aromatic N) is 1. The SMILES string of the molecule is Cc1ccc(S(=O)(=O)Nc2nc3ccc(NC(=O)[C@@H](C)Oc4ccccc4)cc3s2)cc1. The zero-order valence-corrected chi connectivity index (χ0v) is 19.0. The summed E-state index contributed by atoms with van der Waals surface area (Å²) in [5, 5.41) is 3.07. The third-order valence-electron chi connectivity index (χ3n) is 4.63. The summed E-state index contributed by atoms with van der Waals surface area (Å²) in [6.45, 7) is 3.56. The van der Waals surface area contributed by atoms with Gasteiger partial charge < -0.3 is 10.1 Å². The summed E-state index contributed by atoms with van der Waals surface area (Å²) >= 11 is 1.19. The van der Waals surface area contributed by atoms with E-state index in [0.717, 1.165) is 10.3 Å². The summed E-state index contributed by atoms with van der Waals surface area (Å²) in [7, 11) is -3.74. The molecule has 0 fully saturated rings. The standard InChI is InChI=1S/C23H21N3O4S2/c1-15-8-11-19(12-9-15)32(28,29)26-23-25-20-13-10-17(14-21(20)31-23)24-22(27)16(2)30-18-6-4-3-5-7-18/h3-14,16H,1-2H3,(H,24,27)(H,25,26)/t16-/m1/s1. The Morgan fingerprint density at radius 3 is 2.47 bits per heavy atom. The number of hydrogen-bond acceptors (Lipinski definition) is 6. The molecule has 0 aliphatic heterocycles. The molecule has 4 rings (SSSR count). The molecular formula is C23H21N3O4S2. The Morgan fingerprint density at radius 1 is 1.03 bits per heavy atom. The van der Waals surface area contributed by atoms with E-state index in [1.54, 1.807) is 61.5 Å². The van der Waals surface area contributed by atoms with Crippen molar-refractivity contribution in [3.05, 3.63) is 78.4 Å². The van der Waals surface area contributed by atoms with Gasteiger partial charge in [-0.15, -0.1) is 0 Å². The van der Waals surface area contributed by atoms with Crippen molar-refractivity contribution in [2.75, 3.05) is 10.0 Å². The van der Waals surface area contributed by atoms with E-state index >= 15 is 0 Å². The number of sulfonamides is 1. The molecule has 1 atom stereocenters. The molecule has 3 aromatic carbocycles. The molecule has 9 heteroatoms. The first kappa shape index (κ1) is 21.8. The number of para-hydroxylation sites is 1. The zero-order chi connectivity index (χ0) is 22.7. The van der Waals surface area contributed by atoms with Crippen molar-refractivity contribution < 1.29 is 17.9 Å². The number of thiazole rings is 1. The highest BCUT2D eigenvalue weighted by atomic mass is 32.2. The fourth-order valence-corrected chi connectivity index (χ4v) is 5.08. The van der Waals surface area contributed by atoms with Crippen LogP contribution >= 0.6 is 11.3 Å². The first-order chi connectivity index (χ1) is 15.3. The number of fused-ring (bicyclic) bond motifs is 1. The molecule has 7 nitrogen and oxygen atoms in total. The van der Waals surface area contributed by atoms with Crippen molar-refractivity contribution in [2.45, 2.75) is 24.8 Å². The lowest BCUT2D eigenvalue weighted by Crippen LogP contribution is -2.30. The van der Waals surface area contributed by atoms with Crippen LogP contribution in [0.25, 0.3) is 10.2 Å². The molecule has 164 valence electrons. The molecule has 1 heterocycles. The van der Waals surface area contributed by atoms with Gasteiger partial charge in [-0.2, -0.15) is 0 Å². The van der Waals surface area contributed by atoms with Gasteiger partial charge in [0.25, 0.3) is 15.9 Å². The van der Waals surface area contributed by atoms with Crippen LogP contribution in [0, 0.1) is 6.92 Å². The number of aryl methyl sites for hydroxylation is 1. The van der Waals surface area contributed by atoms with E-state index in [0.29, 0.717) is 17.0 Å². The van der Waals surface area contributed by atoms with Crippen LogP contribution in [-0.4, -0.2) is 25.4 Å². The average molecular weight is 468 g/mol. The maximum Gasteiger partial charge on any atom is 0.265 e. The second-order valence-electron chi connectivity index (χ2n) is 7.18. The molecule has 0 aliphatic rings. The van der Waals surface area contributed by atoms with Crippen LogP contribution in [0.3, 0.4) is 0 Å². The summed E-state index contributed by atoms with van der Waals surface area (Å²) in [4.78, 5) is 17.0. The van der Waals surface area contributed by atoms with Crippen molar-refractivity contribution in [2.24, 2.45) is 0 Å². The minimum atomic E-state index is -3.74. The van der Waals surface area contributed by atoms with E-state index in [-0.39, 0.29) is 15.9 Å². The highest BCUT2D eigenvalue weighted by Crippen LogP contribution is 2.30. The average Bonchev–Trinajstić information content (AvgIpc) is 3.15. The zero-order valence-electron chi connectivity index (χ0n) is 17.4. The minimum absolute atomic E-state index is 0.169. The van der Waals surface area contributed by atoms with Gasteiger partial charge in [0.15, 0.2) is 11.2 Å². The number of benzene rings is 3. The number of nitrogens with one attached hydrogen (secondary N) is 2. The number of carbonyl (C=O) groups is 1. The third-order valence-corrected chi connectivity index (χ3v) is 7.05. The Hall–Kier alpha value is -3.43. The molecule has 0 saturated heterocycles. The Balaban J connectivity index is 1.47. The monoisotopic (exact) mass is 467 g/mol. The topological polar surface area (TPSA) is 97.4 Å². The van der Waals surface area contributed by atoms with Gasteiger partial charge in [0.05, 0.1) is 15.1 Å². The molecule has 32 heavy (non-hydrogen) atoms. The fourth-order valence-electron chi connectivity index (χ4n) is 2.94. The maximum atomic E-state index is 12.6. The van der Waals surface area contributed by atoms with Crippen LogP contribution < -0.4 is 14.8 Å². The Bertz CT molecular complexity index is 1350. The first-order valence-electron chi connectivity index (χ1n) is 9.83. The van der Waals surface area contributed by atoms with Gasteiger partial charge in [-0.3, -0.25) is 9.52 Å². The van der Waals surface area contributed by atoms with Crippen LogP contribution in [0.15, 0.2) is 77.7 Å². The second-order valence-corrected chi connectivity index (χ2v) is 9.90. The van der Waals surface area contributed by atoms with Gasteiger partial charge >= 0.3 is 0 Å². The van der Waals surface area contributed by atoms with Gasteiger partial charge in [-0.1, -0.05) is 47.2 Å². The van der Waals surface area contributed by atoms with Crippen molar-refractivity contribution in [1.29, 1.82) is 0 Å². The van der Waals surface area contributed by atoms with E-state index < -0.39 is 16.1 Å². The number of anilines is 2. The summed E-state index contributed by atoms with van der Waals surface area (Å²) < 4.78 is 34.1. The van der Waals surface area contributed by atoms with Crippen LogP contribution in [0.2, 0.25) is 0 Å². The third kappa shape index (κ3) is 5.06. The number of carbonyl (C=O) groups excluding carboxylic acids is 1. The Labute approximate surface area is 190 Å². The van der Waals surface area contributed by atoms with Crippen molar-refractivity contribution in [1.82, 2.24) is 4.98 Å². The van der Waals surface area contributed by atoms with Crippen molar-refractivity contribution in [3.8, 4) is 5.75 Å². The highest BCUT2D eigenvalue weighted by Gasteiger charge is 2.18. The summed E-state index contributed by atoms with van der Waals surface area (Å²) in [5.74, 6) is 0.316. The van der Waals surface area contributed by atoms with Gasteiger partial charge in [-0.25, -0.2) is 13.4 Å². The lowest BCUT2D eigenvalue weighted by molar-refractivity contribution is -0.122. The quantitative estimate of drug-likeness (QED) is 0.406. The largest absolute Gasteiger partial charge is 0.481 e. The molecule has 0 radical (unpaired) electrons. The number of amides is 1. The van der Waals surface area contributed by atoms with Crippen molar-refractivity contribution >= 4 is 48.3 Å². The normalized spacial score (nSPS) is 12.3. The second kappa shape index (κ2) is 8.97. The van der Waals surface area contributed by atoms with Gasteiger partial charge in [0.1, 0.15) is 5.75 Å². The number of hydrogen-bond donors (Lipinski definition) is 2. The summed E-state index contributed by atoms with van der Waals surface area (Å²) in [5.41, 5.74) is 2.17. The number of rotatable bonds is 7. The van der Waals surface area contributed by atoms with E-state index in [1.165, 1.54) is 11.3 Å².